The molecule has 1 heterocycles. The monoisotopic (exact) mass is 182 g/mol. The van der Waals surface area contributed by atoms with Crippen molar-refractivity contribution in [2.75, 3.05) is 19.6 Å². The zero-order valence-electron chi connectivity index (χ0n) is 7.95. The van der Waals surface area contributed by atoms with Gasteiger partial charge in [0.2, 0.25) is 0 Å². The number of aliphatic imine (C=N–C) groups is 1. The summed E-state index contributed by atoms with van der Waals surface area (Å²) < 4.78 is 0. The van der Waals surface area contributed by atoms with Crippen molar-refractivity contribution in [3.8, 4) is 0 Å². The van der Waals surface area contributed by atoms with Gasteiger partial charge in [-0.3, -0.25) is 4.99 Å². The highest BCUT2D eigenvalue weighted by molar-refractivity contribution is 5.75. The van der Waals surface area contributed by atoms with Crippen LogP contribution in [-0.4, -0.2) is 36.5 Å². The van der Waals surface area contributed by atoms with E-state index in [-0.39, 0.29) is 5.96 Å². The molecule has 13 heavy (non-hydrogen) atoms. The summed E-state index contributed by atoms with van der Waals surface area (Å²) in [6.45, 7) is 3.25. The fraction of sp³-hybridized carbons (Fsp3) is 0.889. The second kappa shape index (κ2) is 3.54. The van der Waals surface area contributed by atoms with E-state index in [1.54, 1.807) is 0 Å². The van der Waals surface area contributed by atoms with Gasteiger partial charge in [0.25, 0.3) is 0 Å². The molecule has 0 radical (unpaired) electrons. The number of guanidine groups is 1. The molecule has 4 N–H and O–H groups in total. The van der Waals surface area contributed by atoms with E-state index in [1.165, 1.54) is 32.4 Å². The van der Waals surface area contributed by atoms with E-state index in [2.05, 4.69) is 9.89 Å². The molecular formula is C9H18N4. The summed E-state index contributed by atoms with van der Waals surface area (Å²) in [6.07, 6.45) is 4.05. The smallest absolute Gasteiger partial charge is 0.185 e. The minimum Gasteiger partial charge on any atom is -0.370 e. The summed E-state index contributed by atoms with van der Waals surface area (Å²) in [5.41, 5.74) is 10.6. The first-order valence-electron chi connectivity index (χ1n) is 5.05. The second-order valence-electron chi connectivity index (χ2n) is 4.15. The number of hydrogen-bond acceptors (Lipinski definition) is 2. The number of nitrogens with two attached hydrogens (primary N) is 2. The van der Waals surface area contributed by atoms with E-state index < -0.39 is 0 Å². The Morgan fingerprint density at radius 3 is 2.69 bits per heavy atom. The SMILES string of the molecule is NC(N)=NCC1CCN(C2CC2)C1. The van der Waals surface area contributed by atoms with Gasteiger partial charge in [-0.25, -0.2) is 0 Å². The summed E-state index contributed by atoms with van der Waals surface area (Å²) in [6, 6.07) is 0.893. The molecule has 1 atom stereocenters. The zero-order chi connectivity index (χ0) is 9.26. The minimum absolute atomic E-state index is 0.227. The Morgan fingerprint density at radius 2 is 2.08 bits per heavy atom. The maximum atomic E-state index is 5.29. The van der Waals surface area contributed by atoms with Gasteiger partial charge < -0.3 is 16.4 Å². The molecule has 4 heteroatoms. The molecule has 1 unspecified atom stereocenters. The summed E-state index contributed by atoms with van der Waals surface area (Å²) in [7, 11) is 0. The van der Waals surface area contributed by atoms with Gasteiger partial charge in [-0.1, -0.05) is 0 Å². The molecule has 74 valence electrons. The number of likely N-dealkylation sites (tertiary alicyclic amines) is 1. The summed E-state index contributed by atoms with van der Waals surface area (Å²) in [4.78, 5) is 6.64. The van der Waals surface area contributed by atoms with E-state index in [0.29, 0.717) is 5.92 Å². The van der Waals surface area contributed by atoms with Gasteiger partial charge in [0.1, 0.15) is 0 Å². The lowest BCUT2D eigenvalue weighted by molar-refractivity contribution is 0.315. The first-order valence-corrected chi connectivity index (χ1v) is 5.05. The predicted molar refractivity (Wildman–Crippen MR) is 53.4 cm³/mol. The van der Waals surface area contributed by atoms with Crippen molar-refractivity contribution >= 4 is 5.96 Å². The van der Waals surface area contributed by atoms with E-state index in [9.17, 15) is 0 Å². The molecule has 2 rings (SSSR count). The van der Waals surface area contributed by atoms with Crippen molar-refractivity contribution in [1.29, 1.82) is 0 Å². The third-order valence-electron chi connectivity index (χ3n) is 2.91. The average molecular weight is 182 g/mol. The first kappa shape index (κ1) is 8.81. The summed E-state index contributed by atoms with van der Waals surface area (Å²) in [5.74, 6) is 0.910. The lowest BCUT2D eigenvalue weighted by Gasteiger charge is -2.13. The van der Waals surface area contributed by atoms with E-state index in [4.69, 9.17) is 11.5 Å². The third kappa shape index (κ3) is 2.34. The quantitative estimate of drug-likeness (QED) is 0.467. The zero-order valence-corrected chi connectivity index (χ0v) is 7.95. The fourth-order valence-corrected chi connectivity index (χ4v) is 2.02. The Labute approximate surface area is 79.0 Å². The molecule has 0 aromatic rings. The average Bonchev–Trinajstić information content (AvgIpc) is 2.83. The van der Waals surface area contributed by atoms with Crippen LogP contribution >= 0.6 is 0 Å². The number of rotatable bonds is 3. The van der Waals surface area contributed by atoms with Crippen molar-refractivity contribution in [1.82, 2.24) is 4.90 Å². The molecule has 2 fully saturated rings. The van der Waals surface area contributed by atoms with Crippen LogP contribution in [0.1, 0.15) is 19.3 Å². The Morgan fingerprint density at radius 1 is 1.31 bits per heavy atom. The fourth-order valence-electron chi connectivity index (χ4n) is 2.02. The van der Waals surface area contributed by atoms with Crippen LogP contribution in [0.2, 0.25) is 0 Å². The van der Waals surface area contributed by atoms with Gasteiger partial charge in [0, 0.05) is 19.1 Å². The summed E-state index contributed by atoms with van der Waals surface area (Å²) >= 11 is 0. The van der Waals surface area contributed by atoms with Gasteiger partial charge in [-0.2, -0.15) is 0 Å². The largest absolute Gasteiger partial charge is 0.370 e. The molecule has 1 saturated carbocycles. The molecule has 2 aliphatic rings. The van der Waals surface area contributed by atoms with E-state index in [1.807, 2.05) is 0 Å². The molecule has 1 aliphatic heterocycles. The first-order chi connectivity index (χ1) is 6.25. The van der Waals surface area contributed by atoms with Crippen LogP contribution in [0.25, 0.3) is 0 Å². The Balaban J connectivity index is 1.74. The summed E-state index contributed by atoms with van der Waals surface area (Å²) in [5, 5.41) is 0. The molecular weight excluding hydrogens is 164 g/mol. The minimum atomic E-state index is 0.227. The number of hydrogen-bond donors (Lipinski definition) is 2. The van der Waals surface area contributed by atoms with Gasteiger partial charge in [-0.15, -0.1) is 0 Å². The highest BCUT2D eigenvalue weighted by Crippen LogP contribution is 2.31. The van der Waals surface area contributed by atoms with Crippen molar-refractivity contribution in [3.05, 3.63) is 0 Å². The van der Waals surface area contributed by atoms with Crippen LogP contribution in [0.5, 0.6) is 0 Å². The molecule has 0 aromatic heterocycles. The molecule has 0 bridgehead atoms. The van der Waals surface area contributed by atoms with Crippen LogP contribution in [0.15, 0.2) is 4.99 Å². The van der Waals surface area contributed by atoms with Crippen LogP contribution in [0, 0.1) is 5.92 Å². The van der Waals surface area contributed by atoms with Gasteiger partial charge >= 0.3 is 0 Å². The highest BCUT2D eigenvalue weighted by Gasteiger charge is 2.33. The topological polar surface area (TPSA) is 67.6 Å². The highest BCUT2D eigenvalue weighted by atomic mass is 15.2. The van der Waals surface area contributed by atoms with Gasteiger partial charge in [-0.05, 0) is 31.7 Å². The van der Waals surface area contributed by atoms with Crippen LogP contribution < -0.4 is 11.5 Å². The second-order valence-corrected chi connectivity index (χ2v) is 4.15. The standard InChI is InChI=1S/C9H18N4/c10-9(11)12-5-7-3-4-13(6-7)8-1-2-8/h7-8H,1-6H2,(H4,10,11,12). The molecule has 1 saturated heterocycles. The lowest BCUT2D eigenvalue weighted by atomic mass is 10.1. The van der Waals surface area contributed by atoms with Gasteiger partial charge in [0.05, 0.1) is 0 Å². The Bertz CT molecular complexity index is 206. The van der Waals surface area contributed by atoms with Crippen LogP contribution in [0.3, 0.4) is 0 Å². The van der Waals surface area contributed by atoms with Gasteiger partial charge in [0.15, 0.2) is 5.96 Å². The van der Waals surface area contributed by atoms with E-state index in [0.717, 1.165) is 12.6 Å². The molecule has 0 amide bonds. The molecule has 0 spiro atoms. The van der Waals surface area contributed by atoms with Crippen molar-refractivity contribution < 1.29 is 0 Å². The van der Waals surface area contributed by atoms with Crippen LogP contribution in [0.4, 0.5) is 0 Å². The molecule has 1 aliphatic carbocycles. The van der Waals surface area contributed by atoms with Crippen molar-refractivity contribution in [2.45, 2.75) is 25.3 Å². The van der Waals surface area contributed by atoms with Crippen molar-refractivity contribution in [2.24, 2.45) is 22.4 Å². The molecule has 0 aromatic carbocycles. The Kier molecular flexibility index (Phi) is 2.40. The molecule has 4 nitrogen and oxygen atoms in total. The van der Waals surface area contributed by atoms with Crippen LogP contribution in [-0.2, 0) is 0 Å². The maximum absolute atomic E-state index is 5.29. The Hall–Kier alpha value is -0.770. The lowest BCUT2D eigenvalue weighted by Crippen LogP contribution is -2.26. The number of nitrogens with zero attached hydrogens (tertiary/aromatic N) is 2. The predicted octanol–water partition coefficient (Wildman–Crippen LogP) is -0.256. The normalized spacial score (nSPS) is 29.1. The maximum Gasteiger partial charge on any atom is 0.185 e. The van der Waals surface area contributed by atoms with E-state index >= 15 is 0 Å². The third-order valence-corrected chi connectivity index (χ3v) is 2.91. The van der Waals surface area contributed by atoms with Crippen molar-refractivity contribution in [3.63, 3.8) is 0 Å².